The van der Waals surface area contributed by atoms with Crippen molar-refractivity contribution in [3.05, 3.63) is 35.9 Å². The van der Waals surface area contributed by atoms with Crippen LogP contribution in [0.2, 0.25) is 0 Å². The van der Waals surface area contributed by atoms with Gasteiger partial charge in [-0.1, -0.05) is 63.9 Å². The summed E-state index contributed by atoms with van der Waals surface area (Å²) in [6.07, 6.45) is 5.31. The third kappa shape index (κ3) is 3.18. The first-order valence-electron chi connectivity index (χ1n) is 7.57. The zero-order chi connectivity index (χ0) is 13.9. The van der Waals surface area contributed by atoms with E-state index in [-0.39, 0.29) is 5.41 Å². The number of hydrogen-bond acceptors (Lipinski definition) is 2. The molecule has 0 aromatic heterocycles. The lowest BCUT2D eigenvalue weighted by atomic mass is 9.67. The molecule has 0 spiro atoms. The summed E-state index contributed by atoms with van der Waals surface area (Å²) in [5.41, 5.74) is 4.57. The predicted molar refractivity (Wildman–Crippen MR) is 81.7 cm³/mol. The molecule has 1 fully saturated rings. The molecule has 1 aromatic carbocycles. The molecule has 2 nitrogen and oxygen atoms in total. The normalized spacial score (nSPS) is 26.1. The van der Waals surface area contributed by atoms with Crippen LogP contribution < -0.4 is 11.3 Å². The fourth-order valence-corrected chi connectivity index (χ4v) is 3.76. The second-order valence-electron chi connectivity index (χ2n) is 6.76. The van der Waals surface area contributed by atoms with E-state index >= 15 is 0 Å². The molecule has 0 saturated heterocycles. The molecule has 1 aliphatic carbocycles. The molecule has 19 heavy (non-hydrogen) atoms. The van der Waals surface area contributed by atoms with Crippen molar-refractivity contribution in [3.63, 3.8) is 0 Å². The van der Waals surface area contributed by atoms with Crippen LogP contribution in [0, 0.1) is 11.8 Å². The first-order chi connectivity index (χ1) is 9.05. The van der Waals surface area contributed by atoms with Gasteiger partial charge in [-0.15, -0.1) is 0 Å². The lowest BCUT2D eigenvalue weighted by molar-refractivity contribution is 0.170. The summed E-state index contributed by atoms with van der Waals surface area (Å²) in [6.45, 7) is 6.99. The van der Waals surface area contributed by atoms with E-state index in [0.29, 0.717) is 12.0 Å². The van der Waals surface area contributed by atoms with Crippen molar-refractivity contribution >= 4 is 0 Å². The summed E-state index contributed by atoms with van der Waals surface area (Å²) in [5, 5.41) is 0. The second kappa shape index (κ2) is 6.06. The van der Waals surface area contributed by atoms with Crippen molar-refractivity contribution in [2.24, 2.45) is 17.7 Å². The van der Waals surface area contributed by atoms with Crippen LogP contribution in [-0.4, -0.2) is 6.04 Å². The maximum absolute atomic E-state index is 5.92. The molecular weight excluding hydrogens is 232 g/mol. The fourth-order valence-electron chi connectivity index (χ4n) is 3.76. The average Bonchev–Trinajstić information content (AvgIpc) is 2.40. The molecule has 3 unspecified atom stereocenters. The predicted octanol–water partition coefficient (Wildman–Crippen LogP) is 3.62. The number of hydrogen-bond donors (Lipinski definition) is 2. The topological polar surface area (TPSA) is 38.0 Å². The Kier molecular flexibility index (Phi) is 4.64. The van der Waals surface area contributed by atoms with Crippen molar-refractivity contribution in [3.8, 4) is 0 Å². The van der Waals surface area contributed by atoms with Crippen LogP contribution in [0.25, 0.3) is 0 Å². The van der Waals surface area contributed by atoms with Crippen LogP contribution in [0.1, 0.15) is 52.0 Å². The van der Waals surface area contributed by atoms with Gasteiger partial charge in [0.1, 0.15) is 0 Å². The van der Waals surface area contributed by atoms with Gasteiger partial charge >= 0.3 is 0 Å². The third-order valence-corrected chi connectivity index (χ3v) is 4.92. The second-order valence-corrected chi connectivity index (χ2v) is 6.76. The van der Waals surface area contributed by atoms with E-state index in [9.17, 15) is 0 Å². The first kappa shape index (κ1) is 14.5. The van der Waals surface area contributed by atoms with Crippen LogP contribution >= 0.6 is 0 Å². The van der Waals surface area contributed by atoms with Crippen LogP contribution in [0.5, 0.6) is 0 Å². The molecular formula is C17H28N2. The zero-order valence-electron chi connectivity index (χ0n) is 12.5. The number of benzene rings is 1. The van der Waals surface area contributed by atoms with Gasteiger partial charge < -0.3 is 0 Å². The van der Waals surface area contributed by atoms with Gasteiger partial charge in [0.05, 0.1) is 0 Å². The Morgan fingerprint density at radius 2 is 1.89 bits per heavy atom. The van der Waals surface area contributed by atoms with E-state index in [1.165, 1.54) is 31.2 Å². The molecule has 3 atom stereocenters. The molecule has 1 saturated carbocycles. The summed E-state index contributed by atoms with van der Waals surface area (Å²) in [5.74, 6) is 7.44. The standard InChI is InChI=1S/C17H28N2/c1-13-8-7-9-14(12-13)16(19-18)17(2,3)15-10-5-4-6-11-15/h4-6,10-11,13-14,16,19H,7-9,12,18H2,1-3H3. The zero-order valence-corrected chi connectivity index (χ0v) is 12.5. The van der Waals surface area contributed by atoms with Gasteiger partial charge in [-0.05, 0) is 30.2 Å². The Morgan fingerprint density at radius 1 is 1.21 bits per heavy atom. The minimum absolute atomic E-state index is 0.0672. The van der Waals surface area contributed by atoms with Crippen LogP contribution in [0.3, 0.4) is 0 Å². The molecule has 2 heteroatoms. The van der Waals surface area contributed by atoms with E-state index in [2.05, 4.69) is 56.5 Å². The summed E-state index contributed by atoms with van der Waals surface area (Å²) >= 11 is 0. The van der Waals surface area contributed by atoms with Crippen LogP contribution in [0.4, 0.5) is 0 Å². The molecule has 0 radical (unpaired) electrons. The Balaban J connectivity index is 2.20. The lowest BCUT2D eigenvalue weighted by Crippen LogP contribution is -2.53. The van der Waals surface area contributed by atoms with Gasteiger partial charge in [-0.3, -0.25) is 11.3 Å². The minimum Gasteiger partial charge on any atom is -0.271 e. The van der Waals surface area contributed by atoms with Crippen molar-refractivity contribution in [1.29, 1.82) is 0 Å². The fraction of sp³-hybridized carbons (Fsp3) is 0.647. The largest absolute Gasteiger partial charge is 0.271 e. The molecule has 1 aromatic rings. The van der Waals surface area contributed by atoms with Gasteiger partial charge in [0.2, 0.25) is 0 Å². The smallest absolute Gasteiger partial charge is 0.0330 e. The molecule has 0 amide bonds. The maximum atomic E-state index is 5.92. The number of nitrogens with two attached hydrogens (primary N) is 1. The molecule has 3 N–H and O–H groups in total. The Hall–Kier alpha value is -0.860. The van der Waals surface area contributed by atoms with E-state index in [1.807, 2.05) is 0 Å². The van der Waals surface area contributed by atoms with E-state index in [1.54, 1.807) is 0 Å². The monoisotopic (exact) mass is 260 g/mol. The van der Waals surface area contributed by atoms with Gasteiger partial charge in [0.15, 0.2) is 0 Å². The summed E-state index contributed by atoms with van der Waals surface area (Å²) in [4.78, 5) is 0. The molecule has 106 valence electrons. The minimum atomic E-state index is 0.0672. The van der Waals surface area contributed by atoms with E-state index in [4.69, 9.17) is 5.84 Å². The van der Waals surface area contributed by atoms with E-state index < -0.39 is 0 Å². The maximum Gasteiger partial charge on any atom is 0.0330 e. The van der Waals surface area contributed by atoms with Crippen molar-refractivity contribution in [2.75, 3.05) is 0 Å². The van der Waals surface area contributed by atoms with Gasteiger partial charge in [-0.25, -0.2) is 0 Å². The van der Waals surface area contributed by atoms with Gasteiger partial charge in [-0.2, -0.15) is 0 Å². The number of hydrazine groups is 1. The van der Waals surface area contributed by atoms with Crippen LogP contribution in [0.15, 0.2) is 30.3 Å². The van der Waals surface area contributed by atoms with E-state index in [0.717, 1.165) is 5.92 Å². The van der Waals surface area contributed by atoms with Gasteiger partial charge in [0, 0.05) is 11.5 Å². The summed E-state index contributed by atoms with van der Waals surface area (Å²) in [6, 6.07) is 11.1. The molecule has 0 bridgehead atoms. The lowest BCUT2D eigenvalue weighted by Gasteiger charge is -2.42. The highest BCUT2D eigenvalue weighted by molar-refractivity contribution is 5.26. The Bertz CT molecular complexity index is 386. The highest BCUT2D eigenvalue weighted by atomic mass is 15.2. The quantitative estimate of drug-likeness (QED) is 0.641. The van der Waals surface area contributed by atoms with Crippen molar-refractivity contribution in [1.82, 2.24) is 5.43 Å². The van der Waals surface area contributed by atoms with Crippen LogP contribution in [-0.2, 0) is 5.41 Å². The molecule has 0 heterocycles. The first-order valence-corrected chi connectivity index (χ1v) is 7.57. The van der Waals surface area contributed by atoms with Crippen molar-refractivity contribution < 1.29 is 0 Å². The summed E-state index contributed by atoms with van der Waals surface area (Å²) < 4.78 is 0. The molecule has 1 aliphatic rings. The van der Waals surface area contributed by atoms with Gasteiger partial charge in [0.25, 0.3) is 0 Å². The SMILES string of the molecule is CC1CCCC(C(NN)C(C)(C)c2ccccc2)C1. The summed E-state index contributed by atoms with van der Waals surface area (Å²) in [7, 11) is 0. The third-order valence-electron chi connectivity index (χ3n) is 4.92. The molecule has 0 aliphatic heterocycles. The highest BCUT2D eigenvalue weighted by Gasteiger charge is 2.37. The average molecular weight is 260 g/mol. The number of nitrogens with one attached hydrogen (secondary N) is 1. The highest BCUT2D eigenvalue weighted by Crippen LogP contribution is 2.38. The molecule has 2 rings (SSSR count). The Morgan fingerprint density at radius 3 is 2.47 bits per heavy atom. The Labute approximate surface area is 117 Å². The van der Waals surface area contributed by atoms with Crippen molar-refractivity contribution in [2.45, 2.75) is 57.9 Å². The number of rotatable bonds is 4.